The topological polar surface area (TPSA) is 68.3 Å². The lowest BCUT2D eigenvalue weighted by atomic mass is 10.1. The van der Waals surface area contributed by atoms with E-state index in [4.69, 9.17) is 4.74 Å². The first-order valence-corrected chi connectivity index (χ1v) is 8.05. The van der Waals surface area contributed by atoms with E-state index in [2.05, 4.69) is 10.3 Å². The molecule has 2 rings (SSSR count). The van der Waals surface area contributed by atoms with Gasteiger partial charge in [0.1, 0.15) is 5.75 Å². The quantitative estimate of drug-likeness (QED) is 0.756. The Morgan fingerprint density at radius 3 is 2.38 bits per heavy atom. The predicted octanol–water partition coefficient (Wildman–Crippen LogP) is 3.32. The fourth-order valence-electron chi connectivity index (χ4n) is 2.32. The highest BCUT2D eigenvalue weighted by Gasteiger charge is 2.12. The number of hydrogen-bond donors (Lipinski definition) is 1. The molecule has 0 spiro atoms. The van der Waals surface area contributed by atoms with Crippen molar-refractivity contribution in [2.45, 2.75) is 32.7 Å². The van der Waals surface area contributed by atoms with Crippen LogP contribution in [0.3, 0.4) is 0 Å². The van der Waals surface area contributed by atoms with Gasteiger partial charge in [-0.05, 0) is 55.8 Å². The second kappa shape index (κ2) is 8.82. The van der Waals surface area contributed by atoms with E-state index in [1.807, 2.05) is 26.0 Å². The van der Waals surface area contributed by atoms with Crippen molar-refractivity contribution < 1.29 is 14.3 Å². The number of ether oxygens (including phenoxy) is 1. The van der Waals surface area contributed by atoms with Crippen molar-refractivity contribution >= 4 is 11.7 Å². The molecular formula is C19H22N2O3. The molecule has 24 heavy (non-hydrogen) atoms. The third kappa shape index (κ3) is 5.19. The van der Waals surface area contributed by atoms with Crippen LogP contribution in [0.25, 0.3) is 0 Å². The van der Waals surface area contributed by atoms with E-state index in [1.165, 1.54) is 0 Å². The molecule has 0 bridgehead atoms. The molecule has 1 N–H and O–H groups in total. The molecule has 5 nitrogen and oxygen atoms in total. The summed E-state index contributed by atoms with van der Waals surface area (Å²) in [4.78, 5) is 28.1. The number of rotatable bonds is 8. The summed E-state index contributed by atoms with van der Waals surface area (Å²) in [5.41, 5.74) is 1.57. The fourth-order valence-corrected chi connectivity index (χ4v) is 2.32. The zero-order chi connectivity index (χ0) is 17.4. The summed E-state index contributed by atoms with van der Waals surface area (Å²) >= 11 is 0. The first kappa shape index (κ1) is 17.7. The lowest BCUT2D eigenvalue weighted by molar-refractivity contribution is -0.121. The number of nitrogens with one attached hydrogen (secondary N) is 1. The molecule has 0 aliphatic rings. The Morgan fingerprint density at radius 2 is 1.75 bits per heavy atom. The lowest BCUT2D eigenvalue weighted by Crippen LogP contribution is -2.26. The average Bonchev–Trinajstić information content (AvgIpc) is 2.61. The van der Waals surface area contributed by atoms with Crippen molar-refractivity contribution in [3.05, 3.63) is 59.9 Å². The van der Waals surface area contributed by atoms with Gasteiger partial charge in [0.25, 0.3) is 0 Å². The molecule has 0 aliphatic heterocycles. The highest BCUT2D eigenvalue weighted by molar-refractivity contribution is 5.98. The highest BCUT2D eigenvalue weighted by Crippen LogP contribution is 2.15. The SMILES string of the molecule is CCOc1ccc(C(=O)CCC(=O)NC(C)c2ccncc2)cc1. The van der Waals surface area contributed by atoms with Crippen LogP contribution in [0.15, 0.2) is 48.8 Å². The number of carbonyl (C=O) groups is 2. The standard InChI is InChI=1S/C19H22N2O3/c1-3-24-17-6-4-16(5-7-17)18(22)8-9-19(23)21-14(2)15-10-12-20-13-11-15/h4-7,10-14H,3,8-9H2,1-2H3,(H,21,23). The van der Waals surface area contributed by atoms with E-state index in [0.717, 1.165) is 11.3 Å². The zero-order valence-corrected chi connectivity index (χ0v) is 14.0. The van der Waals surface area contributed by atoms with Crippen molar-refractivity contribution in [3.63, 3.8) is 0 Å². The number of amides is 1. The molecule has 1 unspecified atom stereocenters. The molecule has 0 fully saturated rings. The Hall–Kier alpha value is -2.69. The molecule has 0 saturated carbocycles. The number of pyridine rings is 1. The number of nitrogens with zero attached hydrogens (tertiary/aromatic N) is 1. The monoisotopic (exact) mass is 326 g/mol. The van der Waals surface area contributed by atoms with E-state index >= 15 is 0 Å². The Morgan fingerprint density at radius 1 is 1.08 bits per heavy atom. The molecule has 1 amide bonds. The Balaban J connectivity index is 1.81. The van der Waals surface area contributed by atoms with Gasteiger partial charge in [-0.1, -0.05) is 0 Å². The van der Waals surface area contributed by atoms with Crippen molar-refractivity contribution in [1.29, 1.82) is 0 Å². The van der Waals surface area contributed by atoms with Gasteiger partial charge < -0.3 is 10.1 Å². The average molecular weight is 326 g/mol. The molecule has 1 atom stereocenters. The van der Waals surface area contributed by atoms with Gasteiger partial charge in [-0.25, -0.2) is 0 Å². The summed E-state index contributed by atoms with van der Waals surface area (Å²) in [6.45, 7) is 4.40. The number of hydrogen-bond acceptors (Lipinski definition) is 4. The van der Waals surface area contributed by atoms with Gasteiger partial charge in [0.15, 0.2) is 5.78 Å². The van der Waals surface area contributed by atoms with Gasteiger partial charge in [0, 0.05) is 30.8 Å². The van der Waals surface area contributed by atoms with Gasteiger partial charge in [-0.3, -0.25) is 14.6 Å². The molecule has 126 valence electrons. The normalized spacial score (nSPS) is 11.6. The van der Waals surface area contributed by atoms with Crippen LogP contribution in [0.5, 0.6) is 5.75 Å². The molecule has 1 aromatic carbocycles. The summed E-state index contributed by atoms with van der Waals surface area (Å²) in [6, 6.07) is 10.6. The summed E-state index contributed by atoms with van der Waals surface area (Å²) in [6.07, 6.45) is 3.73. The Kier molecular flexibility index (Phi) is 6.49. The molecule has 0 saturated heterocycles. The van der Waals surface area contributed by atoms with Gasteiger partial charge in [0.2, 0.25) is 5.91 Å². The molecule has 1 aromatic heterocycles. The van der Waals surface area contributed by atoms with E-state index in [-0.39, 0.29) is 30.6 Å². The number of benzene rings is 1. The van der Waals surface area contributed by atoms with Crippen LogP contribution >= 0.6 is 0 Å². The largest absolute Gasteiger partial charge is 0.494 e. The number of aromatic nitrogens is 1. The van der Waals surface area contributed by atoms with Crippen molar-refractivity contribution in [1.82, 2.24) is 10.3 Å². The first-order valence-electron chi connectivity index (χ1n) is 8.05. The van der Waals surface area contributed by atoms with E-state index in [9.17, 15) is 9.59 Å². The Labute approximate surface area is 142 Å². The van der Waals surface area contributed by atoms with E-state index in [1.54, 1.807) is 36.7 Å². The summed E-state index contributed by atoms with van der Waals surface area (Å²) in [7, 11) is 0. The van der Waals surface area contributed by atoms with Crippen LogP contribution in [0.1, 0.15) is 48.7 Å². The number of carbonyl (C=O) groups excluding carboxylic acids is 2. The smallest absolute Gasteiger partial charge is 0.220 e. The maximum Gasteiger partial charge on any atom is 0.220 e. The predicted molar refractivity (Wildman–Crippen MR) is 92.0 cm³/mol. The first-order chi connectivity index (χ1) is 11.6. The maximum absolute atomic E-state index is 12.1. The molecule has 0 radical (unpaired) electrons. The van der Waals surface area contributed by atoms with Crippen LogP contribution in [0.4, 0.5) is 0 Å². The molecule has 2 aromatic rings. The second-order valence-corrected chi connectivity index (χ2v) is 5.45. The number of ketones is 1. The second-order valence-electron chi connectivity index (χ2n) is 5.45. The molecular weight excluding hydrogens is 304 g/mol. The van der Waals surface area contributed by atoms with Crippen molar-refractivity contribution in [2.75, 3.05) is 6.61 Å². The van der Waals surface area contributed by atoms with Crippen molar-refractivity contribution in [3.8, 4) is 5.75 Å². The van der Waals surface area contributed by atoms with Crippen LogP contribution in [-0.2, 0) is 4.79 Å². The molecule has 0 aliphatic carbocycles. The highest BCUT2D eigenvalue weighted by atomic mass is 16.5. The molecule has 5 heteroatoms. The summed E-state index contributed by atoms with van der Waals surface area (Å²) in [5.74, 6) is 0.543. The summed E-state index contributed by atoms with van der Waals surface area (Å²) < 4.78 is 5.34. The van der Waals surface area contributed by atoms with Gasteiger partial charge in [-0.15, -0.1) is 0 Å². The number of Topliss-reactive ketones (excluding diaryl/α,β-unsaturated/α-hetero) is 1. The van der Waals surface area contributed by atoms with E-state index < -0.39 is 0 Å². The minimum absolute atomic E-state index is 0.0511. The minimum atomic E-state index is -0.140. The van der Waals surface area contributed by atoms with Crippen LogP contribution < -0.4 is 10.1 Å². The molecule has 1 heterocycles. The fraction of sp³-hybridized carbons (Fsp3) is 0.316. The lowest BCUT2D eigenvalue weighted by Gasteiger charge is -2.13. The third-order valence-electron chi connectivity index (χ3n) is 3.65. The minimum Gasteiger partial charge on any atom is -0.494 e. The van der Waals surface area contributed by atoms with Crippen molar-refractivity contribution in [2.24, 2.45) is 0 Å². The van der Waals surface area contributed by atoms with Crippen LogP contribution in [0, 0.1) is 0 Å². The van der Waals surface area contributed by atoms with Crippen LogP contribution in [0.2, 0.25) is 0 Å². The van der Waals surface area contributed by atoms with Crippen LogP contribution in [-0.4, -0.2) is 23.3 Å². The summed E-state index contributed by atoms with van der Waals surface area (Å²) in [5, 5.41) is 2.89. The van der Waals surface area contributed by atoms with Gasteiger partial charge in [0.05, 0.1) is 12.6 Å². The van der Waals surface area contributed by atoms with Gasteiger partial charge in [-0.2, -0.15) is 0 Å². The van der Waals surface area contributed by atoms with E-state index in [0.29, 0.717) is 12.2 Å². The third-order valence-corrected chi connectivity index (χ3v) is 3.65. The Bertz CT molecular complexity index is 669. The van der Waals surface area contributed by atoms with Gasteiger partial charge >= 0.3 is 0 Å². The zero-order valence-electron chi connectivity index (χ0n) is 14.0. The maximum atomic E-state index is 12.1.